The van der Waals surface area contributed by atoms with Crippen LogP contribution in [-0.4, -0.2) is 16.6 Å². The van der Waals surface area contributed by atoms with Crippen molar-refractivity contribution >= 4 is 11.4 Å². The highest BCUT2D eigenvalue weighted by atomic mass is 16.3. The second kappa shape index (κ2) is 5.85. The number of nitrogens with zero attached hydrogens (tertiary/aromatic N) is 2. The highest BCUT2D eigenvalue weighted by molar-refractivity contribution is 5.62. The summed E-state index contributed by atoms with van der Waals surface area (Å²) < 4.78 is 0. The van der Waals surface area contributed by atoms with Crippen LogP contribution in [-0.2, 0) is 0 Å². The molecule has 0 fully saturated rings. The molecule has 0 amide bonds. The fourth-order valence-electron chi connectivity index (χ4n) is 2.04. The molecule has 1 atom stereocenters. The molecule has 0 radical (unpaired) electrons. The van der Waals surface area contributed by atoms with Crippen LogP contribution in [0.4, 0.5) is 11.4 Å². The summed E-state index contributed by atoms with van der Waals surface area (Å²) in [5.41, 5.74) is 4.14. The Kier molecular flexibility index (Phi) is 4.17. The van der Waals surface area contributed by atoms with Gasteiger partial charge in [0.05, 0.1) is 23.7 Å². The number of benzene rings is 1. The summed E-state index contributed by atoms with van der Waals surface area (Å²) in [6.45, 7) is 6.79. The Labute approximate surface area is 114 Å². The van der Waals surface area contributed by atoms with Crippen molar-refractivity contribution in [2.75, 3.05) is 11.4 Å². The smallest absolute Gasteiger partial charge is 0.0931 e. The van der Waals surface area contributed by atoms with Crippen molar-refractivity contribution in [1.82, 2.24) is 4.98 Å². The lowest BCUT2D eigenvalue weighted by Crippen LogP contribution is -2.16. The highest BCUT2D eigenvalue weighted by Crippen LogP contribution is 2.25. The minimum atomic E-state index is -0.525. The third-order valence-electron chi connectivity index (χ3n) is 3.17. The molecule has 2 rings (SSSR count). The van der Waals surface area contributed by atoms with Gasteiger partial charge in [-0.15, -0.1) is 0 Å². The van der Waals surface area contributed by atoms with Crippen LogP contribution >= 0.6 is 0 Å². The summed E-state index contributed by atoms with van der Waals surface area (Å²) in [5.74, 6) is 0. The maximum absolute atomic E-state index is 9.48. The lowest BCUT2D eigenvalue weighted by Gasteiger charge is -2.23. The number of aliphatic hydroxyl groups is 1. The number of rotatable bonds is 4. The van der Waals surface area contributed by atoms with Crippen molar-refractivity contribution in [3.05, 3.63) is 53.9 Å². The molecule has 3 nitrogen and oxygen atoms in total. The fourth-order valence-corrected chi connectivity index (χ4v) is 2.04. The van der Waals surface area contributed by atoms with Gasteiger partial charge >= 0.3 is 0 Å². The Hall–Kier alpha value is -1.87. The topological polar surface area (TPSA) is 36.4 Å². The van der Waals surface area contributed by atoms with Gasteiger partial charge in [-0.05, 0) is 45.0 Å². The van der Waals surface area contributed by atoms with Gasteiger partial charge in [-0.25, -0.2) is 0 Å². The third-order valence-corrected chi connectivity index (χ3v) is 3.17. The van der Waals surface area contributed by atoms with Crippen LogP contribution < -0.4 is 4.90 Å². The van der Waals surface area contributed by atoms with Gasteiger partial charge in [0.15, 0.2) is 0 Å². The molecule has 1 aromatic carbocycles. The molecule has 0 aliphatic rings. The monoisotopic (exact) mass is 256 g/mol. The van der Waals surface area contributed by atoms with Crippen molar-refractivity contribution in [2.24, 2.45) is 0 Å². The van der Waals surface area contributed by atoms with Crippen LogP contribution in [0.3, 0.4) is 0 Å². The number of aromatic nitrogens is 1. The average molecular weight is 256 g/mol. The summed E-state index contributed by atoms with van der Waals surface area (Å²) in [4.78, 5) is 6.49. The molecule has 0 spiro atoms. The molecule has 3 heteroatoms. The standard InChI is InChI=1S/C16H20N2O/c1-4-18(14-7-5-12(2)6-8-14)15-9-10-16(13(3)19)17-11-15/h5-11,13,19H,4H2,1-3H3/t13-/m1/s1. The molecule has 0 aliphatic heterocycles. The molecule has 100 valence electrons. The SMILES string of the molecule is CCN(c1ccc(C)cc1)c1ccc([C@@H](C)O)nc1. The van der Waals surface area contributed by atoms with E-state index in [2.05, 4.69) is 48.0 Å². The van der Waals surface area contributed by atoms with Crippen LogP contribution in [0.5, 0.6) is 0 Å². The molecule has 0 aliphatic carbocycles. The summed E-state index contributed by atoms with van der Waals surface area (Å²) >= 11 is 0. The third kappa shape index (κ3) is 3.12. The van der Waals surface area contributed by atoms with Gasteiger partial charge in [0.25, 0.3) is 0 Å². The van der Waals surface area contributed by atoms with Crippen LogP contribution in [0.1, 0.15) is 31.2 Å². The summed E-state index contributed by atoms with van der Waals surface area (Å²) in [7, 11) is 0. The first kappa shape index (κ1) is 13.6. The predicted octanol–water partition coefficient (Wildman–Crippen LogP) is 3.60. The van der Waals surface area contributed by atoms with E-state index in [1.165, 1.54) is 5.56 Å². The lowest BCUT2D eigenvalue weighted by molar-refractivity contribution is 0.194. The zero-order chi connectivity index (χ0) is 13.8. The molecular weight excluding hydrogens is 236 g/mol. The first-order chi connectivity index (χ1) is 9.11. The van der Waals surface area contributed by atoms with Crippen molar-refractivity contribution in [2.45, 2.75) is 26.9 Å². The molecule has 2 aromatic rings. The van der Waals surface area contributed by atoms with Gasteiger partial charge < -0.3 is 10.0 Å². The second-order valence-corrected chi connectivity index (χ2v) is 4.70. The largest absolute Gasteiger partial charge is 0.387 e. The Balaban J connectivity index is 2.28. The van der Waals surface area contributed by atoms with E-state index in [-0.39, 0.29) is 0 Å². The molecule has 0 saturated heterocycles. The molecule has 0 unspecified atom stereocenters. The van der Waals surface area contributed by atoms with Crippen molar-refractivity contribution in [1.29, 1.82) is 0 Å². The zero-order valence-corrected chi connectivity index (χ0v) is 11.7. The minimum absolute atomic E-state index is 0.525. The molecule has 0 saturated carbocycles. The summed E-state index contributed by atoms with van der Waals surface area (Å²) in [6, 6.07) is 12.3. The highest BCUT2D eigenvalue weighted by Gasteiger charge is 2.08. The van der Waals surface area contributed by atoms with Crippen molar-refractivity contribution in [3.8, 4) is 0 Å². The van der Waals surface area contributed by atoms with Gasteiger partial charge in [-0.3, -0.25) is 4.98 Å². The Morgan fingerprint density at radius 1 is 1.11 bits per heavy atom. The fraction of sp³-hybridized carbons (Fsp3) is 0.312. The Bertz CT molecular complexity index is 517. The van der Waals surface area contributed by atoms with E-state index in [1.807, 2.05) is 18.3 Å². The van der Waals surface area contributed by atoms with Crippen molar-refractivity contribution in [3.63, 3.8) is 0 Å². The van der Waals surface area contributed by atoms with Gasteiger partial charge in [0.1, 0.15) is 0 Å². The number of pyridine rings is 1. The first-order valence-corrected chi connectivity index (χ1v) is 6.60. The maximum Gasteiger partial charge on any atom is 0.0931 e. The van der Waals surface area contributed by atoms with Gasteiger partial charge in [-0.2, -0.15) is 0 Å². The van der Waals surface area contributed by atoms with E-state index in [1.54, 1.807) is 6.92 Å². The Morgan fingerprint density at radius 2 is 1.74 bits per heavy atom. The molecular formula is C16H20N2O. The number of aryl methyl sites for hydroxylation is 1. The van der Waals surface area contributed by atoms with E-state index in [4.69, 9.17) is 0 Å². The number of hydrogen-bond donors (Lipinski definition) is 1. The number of hydrogen-bond acceptors (Lipinski definition) is 3. The molecule has 19 heavy (non-hydrogen) atoms. The molecule has 0 bridgehead atoms. The number of aliphatic hydroxyl groups excluding tert-OH is 1. The summed E-state index contributed by atoms with van der Waals surface area (Å²) in [5, 5.41) is 9.48. The minimum Gasteiger partial charge on any atom is -0.387 e. The van der Waals surface area contributed by atoms with Crippen LogP contribution in [0.2, 0.25) is 0 Å². The normalized spacial score (nSPS) is 12.2. The Morgan fingerprint density at radius 3 is 2.21 bits per heavy atom. The second-order valence-electron chi connectivity index (χ2n) is 4.70. The molecule has 1 N–H and O–H groups in total. The average Bonchev–Trinajstić information content (AvgIpc) is 2.42. The first-order valence-electron chi connectivity index (χ1n) is 6.60. The quantitative estimate of drug-likeness (QED) is 0.908. The van der Waals surface area contributed by atoms with E-state index >= 15 is 0 Å². The van der Waals surface area contributed by atoms with E-state index < -0.39 is 6.10 Å². The molecule has 1 aromatic heterocycles. The lowest BCUT2D eigenvalue weighted by atomic mass is 10.2. The van der Waals surface area contributed by atoms with Crippen LogP contribution in [0.15, 0.2) is 42.6 Å². The van der Waals surface area contributed by atoms with Crippen LogP contribution in [0, 0.1) is 6.92 Å². The van der Waals surface area contributed by atoms with E-state index in [9.17, 15) is 5.11 Å². The number of anilines is 2. The zero-order valence-electron chi connectivity index (χ0n) is 11.7. The summed E-state index contributed by atoms with van der Waals surface area (Å²) in [6.07, 6.45) is 1.29. The maximum atomic E-state index is 9.48. The van der Waals surface area contributed by atoms with Gasteiger partial charge in [-0.1, -0.05) is 17.7 Å². The van der Waals surface area contributed by atoms with Gasteiger partial charge in [0, 0.05) is 12.2 Å². The molecule has 1 heterocycles. The van der Waals surface area contributed by atoms with Crippen LogP contribution in [0.25, 0.3) is 0 Å². The van der Waals surface area contributed by atoms with Gasteiger partial charge in [0.2, 0.25) is 0 Å². The van der Waals surface area contributed by atoms with E-state index in [0.29, 0.717) is 5.69 Å². The van der Waals surface area contributed by atoms with E-state index in [0.717, 1.165) is 17.9 Å². The van der Waals surface area contributed by atoms with Crippen molar-refractivity contribution < 1.29 is 5.11 Å². The predicted molar refractivity (Wildman–Crippen MR) is 78.7 cm³/mol.